The van der Waals surface area contributed by atoms with E-state index in [4.69, 9.17) is 0 Å². The molecule has 2 rings (SSSR count). The molecule has 19 heavy (non-hydrogen) atoms. The largest absolute Gasteiger partial charge is 0.369 e. The van der Waals surface area contributed by atoms with E-state index in [-0.39, 0.29) is 5.78 Å². The zero-order chi connectivity index (χ0) is 14.0. The summed E-state index contributed by atoms with van der Waals surface area (Å²) in [5, 5.41) is 2.08. The summed E-state index contributed by atoms with van der Waals surface area (Å²) in [6.07, 6.45) is 0. The van der Waals surface area contributed by atoms with Crippen LogP contribution >= 0.6 is 43.2 Å². The Morgan fingerprint density at radius 1 is 1.32 bits per heavy atom. The molecule has 0 unspecified atom stereocenters. The lowest BCUT2D eigenvalue weighted by molar-refractivity contribution is 0.101. The Labute approximate surface area is 133 Å². The molecule has 0 aliphatic carbocycles. The van der Waals surface area contributed by atoms with E-state index in [1.807, 2.05) is 25.2 Å². The number of Topliss-reactive ketones (excluding diaryl/α,β-unsaturated/α-hetero) is 1. The highest BCUT2D eigenvalue weighted by Gasteiger charge is 2.09. The second-order valence-corrected chi connectivity index (χ2v) is 7.07. The third kappa shape index (κ3) is 3.68. The Kier molecular flexibility index (Phi) is 4.81. The molecule has 0 saturated carbocycles. The summed E-state index contributed by atoms with van der Waals surface area (Å²) in [5.41, 5.74) is 1.80. The van der Waals surface area contributed by atoms with E-state index in [2.05, 4.69) is 48.2 Å². The fourth-order valence-corrected chi connectivity index (χ4v) is 3.94. The lowest BCUT2D eigenvalue weighted by Crippen LogP contribution is -2.15. The molecule has 2 nitrogen and oxygen atoms in total. The van der Waals surface area contributed by atoms with Gasteiger partial charge in [-0.15, -0.1) is 11.3 Å². The predicted octanol–water partition coefficient (Wildman–Crippen LogP) is 5.11. The van der Waals surface area contributed by atoms with Crippen molar-refractivity contribution < 1.29 is 4.79 Å². The standard InChI is InChI=1S/C14H13Br2NOS/c1-9(18)13-4-3-11(6-14(13)16)17(2)7-12-5-10(15)8-19-12/h3-6,8H,7H2,1-2H3. The van der Waals surface area contributed by atoms with E-state index in [0.717, 1.165) is 26.7 Å². The maximum absolute atomic E-state index is 11.4. The zero-order valence-corrected chi connectivity index (χ0v) is 14.6. The van der Waals surface area contributed by atoms with Crippen LogP contribution in [0.3, 0.4) is 0 Å². The van der Waals surface area contributed by atoms with Crippen molar-refractivity contribution in [1.29, 1.82) is 0 Å². The summed E-state index contributed by atoms with van der Waals surface area (Å²) >= 11 is 8.65. The molecule has 0 fully saturated rings. The van der Waals surface area contributed by atoms with Gasteiger partial charge in [-0.1, -0.05) is 0 Å². The molecule has 0 spiro atoms. The minimum absolute atomic E-state index is 0.0725. The van der Waals surface area contributed by atoms with Crippen LogP contribution in [0.2, 0.25) is 0 Å². The van der Waals surface area contributed by atoms with Gasteiger partial charge in [0.1, 0.15) is 0 Å². The van der Waals surface area contributed by atoms with Gasteiger partial charge in [0.15, 0.2) is 5.78 Å². The van der Waals surface area contributed by atoms with Crippen molar-refractivity contribution in [2.75, 3.05) is 11.9 Å². The fourth-order valence-electron chi connectivity index (χ4n) is 1.79. The van der Waals surface area contributed by atoms with Crippen LogP contribution in [-0.4, -0.2) is 12.8 Å². The number of nitrogens with zero attached hydrogens (tertiary/aromatic N) is 1. The fraction of sp³-hybridized carbons (Fsp3) is 0.214. The van der Waals surface area contributed by atoms with Gasteiger partial charge in [0.2, 0.25) is 0 Å². The number of anilines is 1. The van der Waals surface area contributed by atoms with Gasteiger partial charge in [0.25, 0.3) is 0 Å². The summed E-state index contributed by atoms with van der Waals surface area (Å²) in [6, 6.07) is 7.95. The zero-order valence-electron chi connectivity index (χ0n) is 10.6. The van der Waals surface area contributed by atoms with Crippen LogP contribution in [0.5, 0.6) is 0 Å². The highest BCUT2D eigenvalue weighted by molar-refractivity contribution is 9.10. The molecule has 0 aliphatic heterocycles. The van der Waals surface area contributed by atoms with E-state index < -0.39 is 0 Å². The van der Waals surface area contributed by atoms with Crippen molar-refractivity contribution in [3.8, 4) is 0 Å². The maximum atomic E-state index is 11.4. The Balaban J connectivity index is 2.17. The van der Waals surface area contributed by atoms with E-state index in [9.17, 15) is 4.79 Å². The van der Waals surface area contributed by atoms with Crippen LogP contribution in [0.4, 0.5) is 5.69 Å². The number of halogens is 2. The maximum Gasteiger partial charge on any atom is 0.160 e. The van der Waals surface area contributed by atoms with Gasteiger partial charge in [-0.2, -0.15) is 0 Å². The van der Waals surface area contributed by atoms with Crippen molar-refractivity contribution in [1.82, 2.24) is 0 Å². The summed E-state index contributed by atoms with van der Waals surface area (Å²) in [5.74, 6) is 0.0725. The molecule has 0 aliphatic rings. The SMILES string of the molecule is CC(=O)c1ccc(N(C)Cc2cc(Br)cs2)cc1Br. The van der Waals surface area contributed by atoms with Crippen LogP contribution in [0.15, 0.2) is 38.6 Å². The van der Waals surface area contributed by atoms with Gasteiger partial charge in [0.05, 0.1) is 6.54 Å². The molecule has 1 aromatic heterocycles. The second-order valence-electron chi connectivity index (χ2n) is 4.31. The molecular formula is C14H13Br2NOS. The van der Waals surface area contributed by atoms with E-state index in [0.29, 0.717) is 0 Å². The number of thiophene rings is 1. The number of carbonyl (C=O) groups excluding carboxylic acids is 1. The topological polar surface area (TPSA) is 20.3 Å². The molecule has 0 N–H and O–H groups in total. The van der Waals surface area contributed by atoms with E-state index >= 15 is 0 Å². The van der Waals surface area contributed by atoms with Crippen molar-refractivity contribution in [2.45, 2.75) is 13.5 Å². The van der Waals surface area contributed by atoms with Crippen LogP contribution in [0.1, 0.15) is 22.2 Å². The van der Waals surface area contributed by atoms with Crippen molar-refractivity contribution in [3.63, 3.8) is 0 Å². The lowest BCUT2D eigenvalue weighted by atomic mass is 10.1. The van der Waals surface area contributed by atoms with Crippen LogP contribution in [-0.2, 0) is 6.54 Å². The quantitative estimate of drug-likeness (QED) is 0.662. The molecule has 100 valence electrons. The van der Waals surface area contributed by atoms with Gasteiger partial charge < -0.3 is 4.90 Å². The monoisotopic (exact) mass is 401 g/mol. The smallest absolute Gasteiger partial charge is 0.160 e. The van der Waals surface area contributed by atoms with E-state index in [1.54, 1.807) is 18.3 Å². The summed E-state index contributed by atoms with van der Waals surface area (Å²) in [7, 11) is 2.04. The number of hydrogen-bond donors (Lipinski definition) is 0. The molecule has 0 radical (unpaired) electrons. The molecule has 0 amide bonds. The minimum Gasteiger partial charge on any atom is -0.369 e. The first-order valence-electron chi connectivity index (χ1n) is 5.72. The average molecular weight is 403 g/mol. The molecule has 0 atom stereocenters. The number of carbonyl (C=O) groups is 1. The van der Waals surface area contributed by atoms with E-state index in [1.165, 1.54) is 4.88 Å². The summed E-state index contributed by atoms with van der Waals surface area (Å²) < 4.78 is 1.96. The molecule has 0 saturated heterocycles. The first kappa shape index (κ1) is 14.8. The first-order chi connectivity index (χ1) is 8.97. The summed E-state index contributed by atoms with van der Waals surface area (Å²) in [6.45, 7) is 2.43. The number of rotatable bonds is 4. The van der Waals surface area contributed by atoms with Crippen molar-refractivity contribution in [3.05, 3.63) is 49.0 Å². The normalized spacial score (nSPS) is 10.5. The van der Waals surface area contributed by atoms with Crippen LogP contribution < -0.4 is 4.90 Å². The molecule has 0 bridgehead atoms. The minimum atomic E-state index is 0.0725. The average Bonchev–Trinajstić information content (AvgIpc) is 2.74. The second kappa shape index (κ2) is 6.20. The van der Waals surface area contributed by atoms with Gasteiger partial charge in [-0.25, -0.2) is 0 Å². The Bertz CT molecular complexity index is 609. The first-order valence-corrected chi connectivity index (χ1v) is 8.18. The lowest BCUT2D eigenvalue weighted by Gasteiger charge is -2.19. The third-order valence-corrected chi connectivity index (χ3v) is 5.13. The van der Waals surface area contributed by atoms with Crippen LogP contribution in [0, 0.1) is 0 Å². The molecule has 1 aromatic carbocycles. The highest BCUT2D eigenvalue weighted by Crippen LogP contribution is 2.27. The van der Waals surface area contributed by atoms with Gasteiger partial charge >= 0.3 is 0 Å². The van der Waals surface area contributed by atoms with Gasteiger partial charge in [-0.05, 0) is 63.0 Å². The predicted molar refractivity (Wildman–Crippen MR) is 88.3 cm³/mol. The highest BCUT2D eigenvalue weighted by atomic mass is 79.9. The third-order valence-electron chi connectivity index (χ3n) is 2.79. The molecular weight excluding hydrogens is 390 g/mol. The number of ketones is 1. The Morgan fingerprint density at radius 2 is 2.05 bits per heavy atom. The Hall–Kier alpha value is -0.650. The molecule has 1 heterocycles. The van der Waals surface area contributed by atoms with Gasteiger partial charge in [-0.3, -0.25) is 4.79 Å². The van der Waals surface area contributed by atoms with Crippen molar-refractivity contribution >= 4 is 54.7 Å². The van der Waals surface area contributed by atoms with Crippen LogP contribution in [0.25, 0.3) is 0 Å². The molecule has 2 aromatic rings. The number of hydrogen-bond acceptors (Lipinski definition) is 3. The number of benzene rings is 1. The van der Waals surface area contributed by atoms with Gasteiger partial charge in [0, 0.05) is 37.5 Å². The van der Waals surface area contributed by atoms with Crippen molar-refractivity contribution in [2.24, 2.45) is 0 Å². The Morgan fingerprint density at radius 3 is 2.58 bits per heavy atom. The molecule has 5 heteroatoms. The summed E-state index contributed by atoms with van der Waals surface area (Å²) in [4.78, 5) is 14.8.